The Morgan fingerprint density at radius 3 is 2.77 bits per heavy atom. The molecule has 0 aliphatic heterocycles. The van der Waals surface area contributed by atoms with E-state index in [4.69, 9.17) is 21.1 Å². The minimum atomic E-state index is -1.25. The van der Waals surface area contributed by atoms with Crippen LogP contribution in [0.15, 0.2) is 48.5 Å². The molecule has 2 N–H and O–H groups in total. The van der Waals surface area contributed by atoms with E-state index in [0.717, 1.165) is 31.2 Å². The molecule has 166 valence electrons. The van der Waals surface area contributed by atoms with E-state index in [1.54, 1.807) is 31.2 Å². The van der Waals surface area contributed by atoms with Crippen LogP contribution >= 0.6 is 11.6 Å². The summed E-state index contributed by atoms with van der Waals surface area (Å²) in [6, 6.07) is 14.4. The van der Waals surface area contributed by atoms with Crippen LogP contribution in [0.25, 0.3) is 0 Å². The van der Waals surface area contributed by atoms with Crippen LogP contribution in [0.3, 0.4) is 0 Å². The van der Waals surface area contributed by atoms with Crippen molar-refractivity contribution in [2.24, 2.45) is 0 Å². The summed E-state index contributed by atoms with van der Waals surface area (Å²) in [5.74, 6) is 0.0626. The zero-order valence-electron chi connectivity index (χ0n) is 17.6. The standard InChI is InChI=1S/C24H28ClNO5/c1-2-30-22(27)15-31-21-11-5-7-17(14-21)16-6-4-10-20(13-16)26-24(29)23(28)18-8-3-9-19(25)12-18/h3,5,7-9,11-12,14,16,20,23,28H,2,4,6,10,13,15H2,1H3,(H,26,29). The monoisotopic (exact) mass is 445 g/mol. The number of benzene rings is 2. The summed E-state index contributed by atoms with van der Waals surface area (Å²) in [6.45, 7) is 1.95. The average molecular weight is 446 g/mol. The summed E-state index contributed by atoms with van der Waals surface area (Å²) in [6.07, 6.45) is 2.36. The average Bonchev–Trinajstić information content (AvgIpc) is 2.78. The molecule has 7 heteroatoms. The van der Waals surface area contributed by atoms with Crippen molar-refractivity contribution >= 4 is 23.5 Å². The highest BCUT2D eigenvalue weighted by molar-refractivity contribution is 6.30. The van der Waals surface area contributed by atoms with Gasteiger partial charge in [-0.2, -0.15) is 0 Å². The predicted molar refractivity (Wildman–Crippen MR) is 118 cm³/mol. The van der Waals surface area contributed by atoms with Crippen LogP contribution < -0.4 is 10.1 Å². The summed E-state index contributed by atoms with van der Waals surface area (Å²) >= 11 is 5.96. The minimum Gasteiger partial charge on any atom is -0.482 e. The number of carbonyl (C=O) groups excluding carboxylic acids is 2. The van der Waals surface area contributed by atoms with E-state index in [2.05, 4.69) is 5.32 Å². The number of nitrogens with one attached hydrogen (secondary N) is 1. The van der Waals surface area contributed by atoms with Crippen molar-refractivity contribution < 1.29 is 24.2 Å². The summed E-state index contributed by atoms with van der Waals surface area (Å²) in [5.41, 5.74) is 1.58. The molecule has 2 aromatic rings. The van der Waals surface area contributed by atoms with Gasteiger partial charge in [0.2, 0.25) is 0 Å². The molecule has 0 spiro atoms. The molecule has 1 saturated carbocycles. The van der Waals surface area contributed by atoms with Gasteiger partial charge in [0, 0.05) is 11.1 Å². The fraction of sp³-hybridized carbons (Fsp3) is 0.417. The minimum absolute atomic E-state index is 0.0239. The van der Waals surface area contributed by atoms with E-state index in [0.29, 0.717) is 22.9 Å². The number of halogens is 1. The number of ether oxygens (including phenoxy) is 2. The largest absolute Gasteiger partial charge is 0.482 e. The Morgan fingerprint density at radius 2 is 2.00 bits per heavy atom. The van der Waals surface area contributed by atoms with E-state index in [1.165, 1.54) is 0 Å². The van der Waals surface area contributed by atoms with E-state index in [9.17, 15) is 14.7 Å². The second-order valence-electron chi connectivity index (χ2n) is 7.69. The highest BCUT2D eigenvalue weighted by atomic mass is 35.5. The highest BCUT2D eigenvalue weighted by Crippen LogP contribution is 2.34. The van der Waals surface area contributed by atoms with Crippen LogP contribution in [0.5, 0.6) is 5.75 Å². The molecule has 1 amide bonds. The fourth-order valence-corrected chi connectivity index (χ4v) is 4.13. The molecule has 6 nitrogen and oxygen atoms in total. The fourth-order valence-electron chi connectivity index (χ4n) is 3.93. The maximum absolute atomic E-state index is 12.6. The maximum Gasteiger partial charge on any atom is 0.344 e. The van der Waals surface area contributed by atoms with Gasteiger partial charge in [0.05, 0.1) is 6.61 Å². The third kappa shape index (κ3) is 6.71. The number of aliphatic hydroxyl groups excluding tert-OH is 1. The van der Waals surface area contributed by atoms with Gasteiger partial charge in [-0.15, -0.1) is 0 Å². The van der Waals surface area contributed by atoms with Gasteiger partial charge in [-0.05, 0) is 67.5 Å². The molecule has 1 fully saturated rings. The number of rotatable bonds is 8. The Bertz CT molecular complexity index is 903. The van der Waals surface area contributed by atoms with Crippen LogP contribution in [0.1, 0.15) is 55.8 Å². The Kier molecular flexibility index (Phi) is 8.32. The van der Waals surface area contributed by atoms with Crippen LogP contribution in [0, 0.1) is 0 Å². The first-order valence-corrected chi connectivity index (χ1v) is 11.0. The number of hydrogen-bond acceptors (Lipinski definition) is 5. The third-order valence-corrected chi connectivity index (χ3v) is 5.66. The molecule has 0 heterocycles. The normalized spacial score (nSPS) is 19.3. The Hall–Kier alpha value is -2.57. The van der Waals surface area contributed by atoms with Gasteiger partial charge in [0.1, 0.15) is 5.75 Å². The second kappa shape index (κ2) is 11.2. The van der Waals surface area contributed by atoms with Crippen LogP contribution in [-0.2, 0) is 14.3 Å². The van der Waals surface area contributed by atoms with Gasteiger partial charge in [-0.3, -0.25) is 4.79 Å². The molecule has 1 aliphatic rings. The summed E-state index contributed by atoms with van der Waals surface area (Å²) in [7, 11) is 0. The summed E-state index contributed by atoms with van der Waals surface area (Å²) in [4.78, 5) is 24.1. The molecule has 1 aliphatic carbocycles. The Morgan fingerprint density at radius 1 is 1.19 bits per heavy atom. The smallest absolute Gasteiger partial charge is 0.344 e. The molecular weight excluding hydrogens is 418 g/mol. The van der Waals surface area contributed by atoms with Crippen LogP contribution in [0.4, 0.5) is 0 Å². The van der Waals surface area contributed by atoms with E-state index in [-0.39, 0.29) is 18.6 Å². The molecule has 0 bridgehead atoms. The Balaban J connectivity index is 1.58. The lowest BCUT2D eigenvalue weighted by Crippen LogP contribution is -2.40. The molecule has 0 aromatic heterocycles. The second-order valence-corrected chi connectivity index (χ2v) is 8.13. The zero-order chi connectivity index (χ0) is 22.2. The molecular formula is C24H28ClNO5. The molecule has 0 radical (unpaired) electrons. The number of esters is 1. The van der Waals surface area contributed by atoms with E-state index < -0.39 is 18.0 Å². The molecule has 3 atom stereocenters. The summed E-state index contributed by atoms with van der Waals surface area (Å²) < 4.78 is 10.4. The van der Waals surface area contributed by atoms with Crippen molar-refractivity contribution in [3.8, 4) is 5.75 Å². The highest BCUT2D eigenvalue weighted by Gasteiger charge is 2.27. The van der Waals surface area contributed by atoms with Crippen molar-refractivity contribution in [1.82, 2.24) is 5.32 Å². The van der Waals surface area contributed by atoms with Gasteiger partial charge in [-0.1, -0.05) is 42.3 Å². The topological polar surface area (TPSA) is 84.9 Å². The molecule has 3 unspecified atom stereocenters. The SMILES string of the molecule is CCOC(=O)COc1cccc(C2CCCC(NC(=O)C(O)c3cccc(Cl)c3)C2)c1. The molecule has 0 saturated heterocycles. The molecule has 2 aromatic carbocycles. The number of amides is 1. The van der Waals surface area contributed by atoms with Crippen LogP contribution in [-0.4, -0.2) is 36.2 Å². The van der Waals surface area contributed by atoms with Gasteiger partial charge < -0.3 is 19.9 Å². The van der Waals surface area contributed by atoms with Gasteiger partial charge in [-0.25, -0.2) is 4.79 Å². The van der Waals surface area contributed by atoms with Crippen molar-refractivity contribution in [3.63, 3.8) is 0 Å². The lowest BCUT2D eigenvalue weighted by molar-refractivity contribution is -0.145. The first-order valence-electron chi connectivity index (χ1n) is 10.6. The lowest BCUT2D eigenvalue weighted by Gasteiger charge is -2.31. The van der Waals surface area contributed by atoms with Crippen molar-refractivity contribution in [2.45, 2.75) is 50.7 Å². The van der Waals surface area contributed by atoms with Crippen molar-refractivity contribution in [1.29, 1.82) is 0 Å². The number of hydrogen-bond donors (Lipinski definition) is 2. The van der Waals surface area contributed by atoms with Crippen molar-refractivity contribution in [3.05, 3.63) is 64.7 Å². The maximum atomic E-state index is 12.6. The van der Waals surface area contributed by atoms with Gasteiger partial charge in [0.15, 0.2) is 12.7 Å². The van der Waals surface area contributed by atoms with Gasteiger partial charge in [0.25, 0.3) is 5.91 Å². The van der Waals surface area contributed by atoms with Crippen molar-refractivity contribution in [2.75, 3.05) is 13.2 Å². The summed E-state index contributed by atoms with van der Waals surface area (Å²) in [5, 5.41) is 13.8. The quantitative estimate of drug-likeness (QED) is 0.596. The molecule has 31 heavy (non-hydrogen) atoms. The first kappa shape index (κ1) is 23.1. The van der Waals surface area contributed by atoms with Gasteiger partial charge >= 0.3 is 5.97 Å². The van der Waals surface area contributed by atoms with E-state index in [1.807, 2.05) is 24.3 Å². The predicted octanol–water partition coefficient (Wildman–Crippen LogP) is 4.16. The van der Waals surface area contributed by atoms with Crippen LogP contribution in [0.2, 0.25) is 5.02 Å². The lowest BCUT2D eigenvalue weighted by atomic mass is 9.81. The number of aliphatic hydroxyl groups is 1. The zero-order valence-corrected chi connectivity index (χ0v) is 18.3. The third-order valence-electron chi connectivity index (χ3n) is 5.42. The number of carbonyl (C=O) groups is 2. The Labute approximate surface area is 187 Å². The first-order chi connectivity index (χ1) is 15.0. The molecule has 3 rings (SSSR count). The van der Waals surface area contributed by atoms with E-state index >= 15 is 0 Å².